The van der Waals surface area contributed by atoms with Crippen LogP contribution >= 0.6 is 0 Å². The van der Waals surface area contributed by atoms with Crippen molar-refractivity contribution >= 4 is 11.9 Å². The first-order chi connectivity index (χ1) is 10.6. The van der Waals surface area contributed by atoms with E-state index in [-0.39, 0.29) is 5.91 Å². The molecular formula is C17H23NO4. The third kappa shape index (κ3) is 4.23. The second-order valence-electron chi connectivity index (χ2n) is 5.64. The number of likely N-dealkylation sites (tertiary alicyclic amines) is 1. The predicted molar refractivity (Wildman–Crippen MR) is 82.9 cm³/mol. The van der Waals surface area contributed by atoms with Gasteiger partial charge >= 0.3 is 5.97 Å². The second-order valence-corrected chi connectivity index (χ2v) is 5.64. The Morgan fingerprint density at radius 3 is 2.64 bits per heavy atom. The molecule has 0 saturated carbocycles. The third-order valence-corrected chi connectivity index (χ3v) is 4.12. The number of carboxylic acid groups (broad SMARTS) is 1. The lowest BCUT2D eigenvalue weighted by atomic mass is 10.1. The number of carboxylic acids is 1. The molecule has 1 aromatic rings. The number of ether oxygens (including phenoxy) is 1. The average molecular weight is 305 g/mol. The molecule has 2 rings (SSSR count). The molecular weight excluding hydrogens is 282 g/mol. The summed E-state index contributed by atoms with van der Waals surface area (Å²) >= 11 is 0. The summed E-state index contributed by atoms with van der Waals surface area (Å²) in [5.74, 6) is -0.0728. The topological polar surface area (TPSA) is 66.8 Å². The molecule has 22 heavy (non-hydrogen) atoms. The largest absolute Gasteiger partial charge is 0.497 e. The van der Waals surface area contributed by atoms with Crippen molar-refractivity contribution in [3.63, 3.8) is 0 Å². The van der Waals surface area contributed by atoms with Crippen LogP contribution in [0.5, 0.6) is 5.75 Å². The van der Waals surface area contributed by atoms with Crippen molar-refractivity contribution in [3.8, 4) is 5.75 Å². The van der Waals surface area contributed by atoms with Crippen molar-refractivity contribution in [2.24, 2.45) is 0 Å². The maximum Gasteiger partial charge on any atom is 0.326 e. The number of aryl methyl sites for hydroxylation is 1. The Bertz CT molecular complexity index is 512. The van der Waals surface area contributed by atoms with Crippen LogP contribution in [0.25, 0.3) is 0 Å². The summed E-state index contributed by atoms with van der Waals surface area (Å²) in [6, 6.07) is 7.31. The van der Waals surface area contributed by atoms with Gasteiger partial charge in [-0.2, -0.15) is 0 Å². The van der Waals surface area contributed by atoms with Crippen LogP contribution in [0.15, 0.2) is 24.3 Å². The highest BCUT2D eigenvalue weighted by atomic mass is 16.5. The van der Waals surface area contributed by atoms with E-state index in [1.54, 1.807) is 7.11 Å². The maximum absolute atomic E-state index is 12.1. The molecule has 0 spiro atoms. The third-order valence-electron chi connectivity index (χ3n) is 4.12. The predicted octanol–water partition coefficient (Wildman–Crippen LogP) is 2.48. The van der Waals surface area contributed by atoms with E-state index in [0.717, 1.165) is 31.4 Å². The molecule has 1 saturated heterocycles. The van der Waals surface area contributed by atoms with Crippen LogP contribution in [0.2, 0.25) is 0 Å². The minimum atomic E-state index is -0.885. The average Bonchev–Trinajstić information content (AvgIpc) is 3.02. The molecule has 1 heterocycles. The first-order valence-electron chi connectivity index (χ1n) is 7.77. The minimum absolute atomic E-state index is 0.0281. The number of carbonyl (C=O) groups is 2. The van der Waals surface area contributed by atoms with E-state index < -0.39 is 12.0 Å². The fourth-order valence-electron chi connectivity index (χ4n) is 2.86. The van der Waals surface area contributed by atoms with Gasteiger partial charge in [0.15, 0.2) is 0 Å². The van der Waals surface area contributed by atoms with E-state index in [0.29, 0.717) is 19.4 Å². The normalized spacial score (nSPS) is 17.5. The number of nitrogens with zero attached hydrogens (tertiary/aromatic N) is 1. The van der Waals surface area contributed by atoms with Gasteiger partial charge in [0.2, 0.25) is 5.91 Å². The van der Waals surface area contributed by atoms with Crippen molar-refractivity contribution in [2.45, 2.75) is 44.6 Å². The number of benzene rings is 1. The van der Waals surface area contributed by atoms with Crippen LogP contribution in [-0.4, -0.2) is 41.6 Å². The van der Waals surface area contributed by atoms with Gasteiger partial charge in [0.1, 0.15) is 11.8 Å². The van der Waals surface area contributed by atoms with E-state index in [2.05, 4.69) is 0 Å². The van der Waals surface area contributed by atoms with Crippen LogP contribution in [0.1, 0.15) is 37.7 Å². The summed E-state index contributed by atoms with van der Waals surface area (Å²) in [6.07, 6.45) is 4.42. The van der Waals surface area contributed by atoms with Crippen LogP contribution in [-0.2, 0) is 16.0 Å². The zero-order chi connectivity index (χ0) is 15.9. The summed E-state index contributed by atoms with van der Waals surface area (Å²) in [7, 11) is 1.64. The molecule has 0 aliphatic carbocycles. The van der Waals surface area contributed by atoms with Crippen molar-refractivity contribution < 1.29 is 19.4 Å². The van der Waals surface area contributed by atoms with Gasteiger partial charge in [-0.25, -0.2) is 4.79 Å². The van der Waals surface area contributed by atoms with Gasteiger partial charge in [0.25, 0.3) is 0 Å². The van der Waals surface area contributed by atoms with Gasteiger partial charge in [-0.15, -0.1) is 0 Å². The molecule has 1 aliphatic heterocycles. The number of carbonyl (C=O) groups excluding carboxylic acids is 1. The molecule has 1 fully saturated rings. The van der Waals surface area contributed by atoms with E-state index >= 15 is 0 Å². The van der Waals surface area contributed by atoms with Crippen LogP contribution in [0.3, 0.4) is 0 Å². The molecule has 1 amide bonds. The Hall–Kier alpha value is -2.04. The highest BCUT2D eigenvalue weighted by molar-refractivity contribution is 5.84. The molecule has 120 valence electrons. The summed E-state index contributed by atoms with van der Waals surface area (Å²) in [5.41, 5.74) is 1.22. The smallest absolute Gasteiger partial charge is 0.326 e. The maximum atomic E-state index is 12.1. The van der Waals surface area contributed by atoms with E-state index in [9.17, 15) is 9.59 Å². The minimum Gasteiger partial charge on any atom is -0.497 e. The van der Waals surface area contributed by atoms with Crippen LogP contribution < -0.4 is 4.74 Å². The quantitative estimate of drug-likeness (QED) is 0.786. The molecule has 0 unspecified atom stereocenters. The number of hydrogen-bond acceptors (Lipinski definition) is 3. The lowest BCUT2D eigenvalue weighted by Gasteiger charge is -2.21. The summed E-state index contributed by atoms with van der Waals surface area (Å²) in [6.45, 7) is 0.578. The lowest BCUT2D eigenvalue weighted by molar-refractivity contribution is -0.148. The summed E-state index contributed by atoms with van der Waals surface area (Å²) in [5, 5.41) is 9.09. The number of hydrogen-bond donors (Lipinski definition) is 1. The molecule has 1 N–H and O–H groups in total. The molecule has 0 bridgehead atoms. The summed E-state index contributed by atoms with van der Waals surface area (Å²) < 4.78 is 5.11. The van der Waals surface area contributed by atoms with Crippen molar-refractivity contribution in [1.82, 2.24) is 4.90 Å². The Kier molecular flexibility index (Phi) is 5.81. The number of aliphatic carboxylic acids is 1. The Morgan fingerprint density at radius 1 is 1.27 bits per heavy atom. The standard InChI is InChI=1S/C17H23NO4/c1-22-14-10-8-13(9-11-14)5-2-3-7-16(19)18-12-4-6-15(18)17(20)21/h8-11,15H,2-7,12H2,1H3,(H,20,21)/t15-/m1/s1. The van der Waals surface area contributed by atoms with Gasteiger partial charge in [-0.1, -0.05) is 12.1 Å². The fraction of sp³-hybridized carbons (Fsp3) is 0.529. The van der Waals surface area contributed by atoms with E-state index in [1.165, 1.54) is 10.5 Å². The molecule has 1 atom stereocenters. The fourth-order valence-corrected chi connectivity index (χ4v) is 2.86. The number of unbranched alkanes of at least 4 members (excludes halogenated alkanes) is 1. The first kappa shape index (κ1) is 16.3. The highest BCUT2D eigenvalue weighted by Gasteiger charge is 2.33. The second kappa shape index (κ2) is 7.82. The Morgan fingerprint density at radius 2 is 2.00 bits per heavy atom. The van der Waals surface area contributed by atoms with Gasteiger partial charge in [0, 0.05) is 13.0 Å². The Labute approximate surface area is 130 Å². The SMILES string of the molecule is COc1ccc(CCCCC(=O)N2CCC[C@@H]2C(=O)O)cc1. The zero-order valence-electron chi connectivity index (χ0n) is 13.0. The van der Waals surface area contributed by atoms with Gasteiger partial charge in [-0.3, -0.25) is 4.79 Å². The monoisotopic (exact) mass is 305 g/mol. The van der Waals surface area contributed by atoms with Crippen LogP contribution in [0, 0.1) is 0 Å². The van der Waals surface area contributed by atoms with Gasteiger partial charge in [0.05, 0.1) is 7.11 Å². The summed E-state index contributed by atoms with van der Waals surface area (Å²) in [4.78, 5) is 24.7. The highest BCUT2D eigenvalue weighted by Crippen LogP contribution is 2.19. The number of methoxy groups -OCH3 is 1. The van der Waals surface area contributed by atoms with E-state index in [4.69, 9.17) is 9.84 Å². The Balaban J connectivity index is 1.71. The van der Waals surface area contributed by atoms with Crippen molar-refractivity contribution in [2.75, 3.05) is 13.7 Å². The first-order valence-corrected chi connectivity index (χ1v) is 7.77. The molecule has 5 nitrogen and oxygen atoms in total. The molecule has 1 aliphatic rings. The van der Waals surface area contributed by atoms with E-state index in [1.807, 2.05) is 24.3 Å². The molecule has 0 radical (unpaired) electrons. The van der Waals surface area contributed by atoms with Crippen molar-refractivity contribution in [3.05, 3.63) is 29.8 Å². The van der Waals surface area contributed by atoms with Gasteiger partial charge in [-0.05, 0) is 49.8 Å². The number of amides is 1. The lowest BCUT2D eigenvalue weighted by Crippen LogP contribution is -2.40. The molecule has 0 aromatic heterocycles. The molecule has 1 aromatic carbocycles. The zero-order valence-corrected chi connectivity index (χ0v) is 13.0. The van der Waals surface area contributed by atoms with Crippen molar-refractivity contribution in [1.29, 1.82) is 0 Å². The number of rotatable bonds is 7. The van der Waals surface area contributed by atoms with Crippen LogP contribution in [0.4, 0.5) is 0 Å². The van der Waals surface area contributed by atoms with Gasteiger partial charge < -0.3 is 14.7 Å². The molecule has 5 heteroatoms.